The van der Waals surface area contributed by atoms with Crippen LogP contribution in [0.4, 0.5) is 0 Å². The molecular formula is C18H23BrN4O. The van der Waals surface area contributed by atoms with Crippen molar-refractivity contribution in [1.82, 2.24) is 20.4 Å². The standard InChI is InChI=1S/C18H23BrN4O/c1-13-17(12-22-23(13)16-6-2-5-15(19)10-16)18(24)21-9-7-14-4-3-8-20-11-14/h2,5-6,10,12,14,20H,3-4,7-9,11H2,1H3,(H,21,24). The highest BCUT2D eigenvalue weighted by Crippen LogP contribution is 2.18. The van der Waals surface area contributed by atoms with Crippen molar-refractivity contribution in [2.24, 2.45) is 5.92 Å². The number of hydrogen-bond acceptors (Lipinski definition) is 3. The summed E-state index contributed by atoms with van der Waals surface area (Å²) in [4.78, 5) is 12.4. The van der Waals surface area contributed by atoms with Crippen molar-refractivity contribution in [2.75, 3.05) is 19.6 Å². The molecule has 0 radical (unpaired) electrons. The van der Waals surface area contributed by atoms with Crippen molar-refractivity contribution in [3.63, 3.8) is 0 Å². The van der Waals surface area contributed by atoms with Gasteiger partial charge in [-0.25, -0.2) is 4.68 Å². The lowest BCUT2D eigenvalue weighted by atomic mass is 9.96. The Morgan fingerprint density at radius 1 is 1.50 bits per heavy atom. The second-order valence-electron chi connectivity index (χ2n) is 6.29. The van der Waals surface area contributed by atoms with E-state index in [2.05, 4.69) is 31.7 Å². The third-order valence-electron chi connectivity index (χ3n) is 4.54. The van der Waals surface area contributed by atoms with Crippen LogP contribution in [-0.2, 0) is 0 Å². The number of carbonyl (C=O) groups is 1. The number of aromatic nitrogens is 2. The van der Waals surface area contributed by atoms with Gasteiger partial charge in [-0.1, -0.05) is 22.0 Å². The topological polar surface area (TPSA) is 59.0 Å². The molecule has 1 atom stereocenters. The zero-order valence-corrected chi connectivity index (χ0v) is 15.5. The van der Waals surface area contributed by atoms with Crippen molar-refractivity contribution >= 4 is 21.8 Å². The Labute approximate surface area is 151 Å². The number of halogens is 1. The van der Waals surface area contributed by atoms with Crippen molar-refractivity contribution in [2.45, 2.75) is 26.2 Å². The number of nitrogens with one attached hydrogen (secondary N) is 2. The highest BCUT2D eigenvalue weighted by Gasteiger charge is 2.16. The lowest BCUT2D eigenvalue weighted by Gasteiger charge is -2.22. The van der Waals surface area contributed by atoms with Gasteiger partial charge in [0.05, 0.1) is 23.1 Å². The maximum Gasteiger partial charge on any atom is 0.254 e. The first-order valence-electron chi connectivity index (χ1n) is 8.44. The normalized spacial score (nSPS) is 17.7. The largest absolute Gasteiger partial charge is 0.352 e. The summed E-state index contributed by atoms with van der Waals surface area (Å²) in [5.74, 6) is 0.627. The quantitative estimate of drug-likeness (QED) is 0.824. The average Bonchev–Trinajstić information content (AvgIpc) is 2.97. The van der Waals surface area contributed by atoms with Gasteiger partial charge >= 0.3 is 0 Å². The minimum atomic E-state index is -0.0440. The van der Waals surface area contributed by atoms with Crippen LogP contribution >= 0.6 is 15.9 Å². The first kappa shape index (κ1) is 17.2. The molecule has 1 fully saturated rings. The van der Waals surface area contributed by atoms with E-state index in [9.17, 15) is 4.79 Å². The maximum atomic E-state index is 12.4. The third kappa shape index (κ3) is 4.05. The molecule has 1 aromatic carbocycles. The van der Waals surface area contributed by atoms with Gasteiger partial charge < -0.3 is 10.6 Å². The maximum absolute atomic E-state index is 12.4. The molecule has 1 saturated heterocycles. The molecular weight excluding hydrogens is 368 g/mol. The highest BCUT2D eigenvalue weighted by molar-refractivity contribution is 9.10. The predicted octanol–water partition coefficient (Wildman–Crippen LogP) is 3.06. The van der Waals surface area contributed by atoms with Gasteiger partial charge in [0.15, 0.2) is 0 Å². The van der Waals surface area contributed by atoms with Gasteiger partial charge in [-0.2, -0.15) is 5.10 Å². The summed E-state index contributed by atoms with van der Waals surface area (Å²) >= 11 is 3.47. The Morgan fingerprint density at radius 3 is 3.12 bits per heavy atom. The van der Waals surface area contributed by atoms with Gasteiger partial charge in [0, 0.05) is 11.0 Å². The van der Waals surface area contributed by atoms with Crippen LogP contribution in [0.15, 0.2) is 34.9 Å². The molecule has 2 aromatic rings. The lowest BCUT2D eigenvalue weighted by molar-refractivity contribution is 0.0950. The van der Waals surface area contributed by atoms with Gasteiger partial charge in [0.25, 0.3) is 5.91 Å². The fourth-order valence-corrected chi connectivity index (χ4v) is 3.54. The van der Waals surface area contributed by atoms with Crippen molar-refractivity contribution in [3.8, 4) is 5.69 Å². The van der Waals surface area contributed by atoms with Crippen LogP contribution in [0.1, 0.15) is 35.3 Å². The van der Waals surface area contributed by atoms with Crippen molar-refractivity contribution in [3.05, 3.63) is 46.2 Å². The smallest absolute Gasteiger partial charge is 0.254 e. The van der Waals surface area contributed by atoms with Crippen LogP contribution in [-0.4, -0.2) is 35.3 Å². The number of rotatable bonds is 5. The molecule has 2 N–H and O–H groups in total. The highest BCUT2D eigenvalue weighted by atomic mass is 79.9. The van der Waals surface area contributed by atoms with Crippen molar-refractivity contribution in [1.29, 1.82) is 0 Å². The number of piperidine rings is 1. The van der Waals surface area contributed by atoms with Crippen LogP contribution in [0.3, 0.4) is 0 Å². The first-order chi connectivity index (χ1) is 11.6. The van der Waals surface area contributed by atoms with Crippen LogP contribution in [0.25, 0.3) is 5.69 Å². The van der Waals surface area contributed by atoms with E-state index in [1.807, 2.05) is 31.2 Å². The fourth-order valence-electron chi connectivity index (χ4n) is 3.16. The molecule has 24 heavy (non-hydrogen) atoms. The summed E-state index contributed by atoms with van der Waals surface area (Å²) in [6, 6.07) is 7.88. The Balaban J connectivity index is 1.61. The number of amides is 1. The second-order valence-corrected chi connectivity index (χ2v) is 7.21. The third-order valence-corrected chi connectivity index (χ3v) is 5.04. The monoisotopic (exact) mass is 390 g/mol. The fraction of sp³-hybridized carbons (Fsp3) is 0.444. The number of nitrogens with zero attached hydrogens (tertiary/aromatic N) is 2. The summed E-state index contributed by atoms with van der Waals surface area (Å²) in [5, 5.41) is 10.8. The van der Waals surface area contributed by atoms with Crippen LogP contribution in [0.2, 0.25) is 0 Å². The van der Waals surface area contributed by atoms with E-state index in [1.54, 1.807) is 10.9 Å². The second kappa shape index (κ2) is 7.94. The van der Waals surface area contributed by atoms with E-state index in [0.717, 1.165) is 35.4 Å². The van der Waals surface area contributed by atoms with E-state index < -0.39 is 0 Å². The number of carbonyl (C=O) groups excluding carboxylic acids is 1. The Hall–Kier alpha value is -1.66. The summed E-state index contributed by atoms with van der Waals surface area (Å²) in [6.45, 7) is 4.83. The first-order valence-corrected chi connectivity index (χ1v) is 9.24. The average molecular weight is 391 g/mol. The van der Waals surface area contributed by atoms with Crippen LogP contribution in [0.5, 0.6) is 0 Å². The van der Waals surface area contributed by atoms with Gasteiger partial charge in [0.1, 0.15) is 0 Å². The molecule has 3 rings (SSSR count). The summed E-state index contributed by atoms with van der Waals surface area (Å²) in [6.07, 6.45) is 5.16. The SMILES string of the molecule is Cc1c(C(=O)NCCC2CCCNC2)cnn1-c1cccc(Br)c1. The van der Waals surface area contributed by atoms with Gasteiger partial charge in [-0.15, -0.1) is 0 Å². The van der Waals surface area contributed by atoms with Gasteiger partial charge in [-0.05, 0) is 63.4 Å². The number of hydrogen-bond donors (Lipinski definition) is 2. The van der Waals surface area contributed by atoms with E-state index in [-0.39, 0.29) is 5.91 Å². The summed E-state index contributed by atoms with van der Waals surface area (Å²) in [7, 11) is 0. The minimum Gasteiger partial charge on any atom is -0.352 e. The molecule has 1 aliphatic rings. The zero-order valence-electron chi connectivity index (χ0n) is 13.9. The lowest BCUT2D eigenvalue weighted by Crippen LogP contribution is -2.33. The summed E-state index contributed by atoms with van der Waals surface area (Å²) in [5.41, 5.74) is 2.43. The van der Waals surface area contributed by atoms with Gasteiger partial charge in [-0.3, -0.25) is 4.79 Å². The summed E-state index contributed by atoms with van der Waals surface area (Å²) < 4.78 is 2.78. The Bertz CT molecular complexity index is 707. The molecule has 0 spiro atoms. The number of benzene rings is 1. The minimum absolute atomic E-state index is 0.0440. The molecule has 128 valence electrons. The molecule has 1 amide bonds. The van der Waals surface area contributed by atoms with E-state index in [1.165, 1.54) is 12.8 Å². The molecule has 0 aliphatic carbocycles. The molecule has 0 bridgehead atoms. The molecule has 1 unspecified atom stereocenters. The predicted molar refractivity (Wildman–Crippen MR) is 98.5 cm³/mol. The van der Waals surface area contributed by atoms with Crippen molar-refractivity contribution < 1.29 is 4.79 Å². The zero-order chi connectivity index (χ0) is 16.9. The van der Waals surface area contributed by atoms with E-state index in [4.69, 9.17) is 0 Å². The van der Waals surface area contributed by atoms with Crippen LogP contribution in [0, 0.1) is 12.8 Å². The molecule has 2 heterocycles. The van der Waals surface area contributed by atoms with E-state index in [0.29, 0.717) is 18.0 Å². The molecule has 5 nitrogen and oxygen atoms in total. The Morgan fingerprint density at radius 2 is 2.38 bits per heavy atom. The molecule has 1 aromatic heterocycles. The molecule has 1 aliphatic heterocycles. The van der Waals surface area contributed by atoms with Crippen LogP contribution < -0.4 is 10.6 Å². The molecule has 6 heteroatoms. The van der Waals surface area contributed by atoms with E-state index >= 15 is 0 Å². The van der Waals surface area contributed by atoms with Gasteiger partial charge in [0.2, 0.25) is 0 Å². The Kier molecular flexibility index (Phi) is 5.68. The molecule has 0 saturated carbocycles.